The zero-order valence-corrected chi connectivity index (χ0v) is 11.1. The van der Waals surface area contributed by atoms with Crippen LogP contribution in [0.1, 0.15) is 24.1 Å². The Kier molecular flexibility index (Phi) is 5.62. The van der Waals surface area contributed by atoms with E-state index in [1.165, 1.54) is 11.1 Å². The molecule has 3 nitrogen and oxygen atoms in total. The van der Waals surface area contributed by atoms with Gasteiger partial charge in [-0.2, -0.15) is 0 Å². The van der Waals surface area contributed by atoms with Crippen molar-refractivity contribution in [2.75, 3.05) is 20.1 Å². The first-order chi connectivity index (χ1) is 8.10. The lowest BCUT2D eigenvalue weighted by atomic mass is 9.94. The summed E-state index contributed by atoms with van der Waals surface area (Å²) in [5.41, 5.74) is 7.50. The summed E-state index contributed by atoms with van der Waals surface area (Å²) in [5, 5.41) is 0.857. The van der Waals surface area contributed by atoms with Gasteiger partial charge in [0, 0.05) is 24.2 Å². The molecule has 0 radical (unpaired) electrons. The van der Waals surface area contributed by atoms with Gasteiger partial charge < -0.3 is 10.5 Å². The van der Waals surface area contributed by atoms with Crippen LogP contribution in [0.15, 0.2) is 18.2 Å². The third kappa shape index (κ3) is 3.80. The van der Waals surface area contributed by atoms with E-state index in [2.05, 4.69) is 36.7 Å². The summed E-state index contributed by atoms with van der Waals surface area (Å²) in [5.74, 6) is 0. The molecule has 0 spiro atoms. The van der Waals surface area contributed by atoms with E-state index in [0.29, 0.717) is 12.3 Å². The smallest absolute Gasteiger partial charge is 0.133 e. The second-order valence-electron chi connectivity index (χ2n) is 4.15. The van der Waals surface area contributed by atoms with Crippen molar-refractivity contribution in [1.29, 1.82) is 0 Å². The van der Waals surface area contributed by atoms with Gasteiger partial charge in [0.05, 0.1) is 0 Å². The molecule has 0 amide bonds. The molecule has 1 aromatic carbocycles. The maximum atomic E-state index is 9.05. The van der Waals surface area contributed by atoms with Crippen molar-refractivity contribution in [3.05, 3.63) is 34.3 Å². The molecule has 1 aromatic rings. The van der Waals surface area contributed by atoms with Crippen molar-refractivity contribution in [1.82, 2.24) is 4.90 Å². The summed E-state index contributed by atoms with van der Waals surface area (Å²) in [6.07, 6.45) is 1.77. The molecule has 1 heterocycles. The molecule has 0 saturated carbocycles. The van der Waals surface area contributed by atoms with Gasteiger partial charge in [0.1, 0.15) is 6.29 Å². The number of rotatable bonds is 1. The van der Waals surface area contributed by atoms with Crippen LogP contribution in [0.4, 0.5) is 0 Å². The summed E-state index contributed by atoms with van der Waals surface area (Å²) in [7, 11) is 2.17. The van der Waals surface area contributed by atoms with E-state index in [1.54, 1.807) is 0 Å². The fraction of sp³-hybridized carbons (Fsp3) is 0.462. The number of nitrogens with two attached hydrogens (primary N) is 1. The Morgan fingerprint density at radius 2 is 2.24 bits per heavy atom. The van der Waals surface area contributed by atoms with Crippen LogP contribution in [0.2, 0.25) is 5.02 Å². The van der Waals surface area contributed by atoms with Crippen molar-refractivity contribution < 1.29 is 4.79 Å². The molecular weight excluding hydrogens is 236 g/mol. The zero-order chi connectivity index (χ0) is 12.8. The predicted octanol–water partition coefficient (Wildman–Crippen LogP) is 2.03. The number of fused-ring (bicyclic) bond motifs is 1. The highest BCUT2D eigenvalue weighted by atomic mass is 35.5. The highest BCUT2D eigenvalue weighted by Gasteiger charge is 2.20. The molecular formula is C13H19ClN2O. The SMILES string of the molecule is CC1c2ccc(Cl)cc2CCN1C.NCC=O. The minimum atomic E-state index is 0.139. The topological polar surface area (TPSA) is 46.3 Å². The lowest BCUT2D eigenvalue weighted by molar-refractivity contribution is -0.106. The molecule has 17 heavy (non-hydrogen) atoms. The first-order valence-corrected chi connectivity index (χ1v) is 6.10. The van der Waals surface area contributed by atoms with Gasteiger partial charge in [-0.25, -0.2) is 0 Å². The molecule has 1 aliphatic heterocycles. The van der Waals surface area contributed by atoms with Gasteiger partial charge in [-0.05, 0) is 43.7 Å². The third-order valence-corrected chi connectivity index (χ3v) is 3.28. The summed E-state index contributed by atoms with van der Waals surface area (Å²) in [6, 6.07) is 6.76. The highest BCUT2D eigenvalue weighted by molar-refractivity contribution is 6.30. The largest absolute Gasteiger partial charge is 0.324 e. The Morgan fingerprint density at radius 3 is 2.82 bits per heavy atom. The standard InChI is InChI=1S/C11H14ClN.C2H5NO/c1-8-11-4-3-10(12)7-9(11)5-6-13(8)2;3-1-2-4/h3-4,7-8H,5-6H2,1-2H3;2H,1,3H2. The molecule has 2 rings (SSSR count). The number of likely N-dealkylation sites (N-methyl/N-ethyl adjacent to an activating group) is 1. The Labute approximate surface area is 108 Å². The van der Waals surface area contributed by atoms with Crippen molar-refractivity contribution in [3.8, 4) is 0 Å². The van der Waals surface area contributed by atoms with E-state index >= 15 is 0 Å². The van der Waals surface area contributed by atoms with Gasteiger partial charge in [0.2, 0.25) is 0 Å². The molecule has 0 aromatic heterocycles. The molecule has 0 aliphatic carbocycles. The monoisotopic (exact) mass is 254 g/mol. The summed E-state index contributed by atoms with van der Waals surface area (Å²) >= 11 is 5.95. The fourth-order valence-electron chi connectivity index (χ4n) is 1.93. The molecule has 94 valence electrons. The number of aldehydes is 1. The van der Waals surface area contributed by atoms with Crippen molar-refractivity contribution in [2.24, 2.45) is 5.73 Å². The molecule has 1 aliphatic rings. The van der Waals surface area contributed by atoms with Gasteiger partial charge in [-0.1, -0.05) is 17.7 Å². The fourth-order valence-corrected chi connectivity index (χ4v) is 2.12. The minimum Gasteiger partial charge on any atom is -0.324 e. The average molecular weight is 255 g/mol. The van der Waals surface area contributed by atoms with Gasteiger partial charge in [-0.3, -0.25) is 4.90 Å². The number of nitrogens with zero attached hydrogens (tertiary/aromatic N) is 1. The highest BCUT2D eigenvalue weighted by Crippen LogP contribution is 2.29. The first kappa shape index (κ1) is 14.2. The number of hydrogen-bond acceptors (Lipinski definition) is 3. The van der Waals surface area contributed by atoms with E-state index in [9.17, 15) is 0 Å². The quantitative estimate of drug-likeness (QED) is 0.780. The summed E-state index contributed by atoms with van der Waals surface area (Å²) < 4.78 is 0. The Bertz CT molecular complexity index is 382. The van der Waals surface area contributed by atoms with Crippen LogP contribution in [0, 0.1) is 0 Å². The minimum absolute atomic E-state index is 0.139. The number of hydrogen-bond donors (Lipinski definition) is 1. The molecule has 1 atom stereocenters. The molecule has 1 unspecified atom stereocenters. The van der Waals surface area contributed by atoms with Gasteiger partial charge in [-0.15, -0.1) is 0 Å². The average Bonchev–Trinajstić information content (AvgIpc) is 2.34. The third-order valence-electron chi connectivity index (χ3n) is 3.05. The Morgan fingerprint density at radius 1 is 1.59 bits per heavy atom. The lowest BCUT2D eigenvalue weighted by Gasteiger charge is -2.32. The van der Waals surface area contributed by atoms with E-state index in [1.807, 2.05) is 6.07 Å². The van der Waals surface area contributed by atoms with Crippen molar-refractivity contribution in [3.63, 3.8) is 0 Å². The van der Waals surface area contributed by atoms with Crippen LogP contribution >= 0.6 is 11.6 Å². The number of halogens is 1. The van der Waals surface area contributed by atoms with Crippen LogP contribution in [-0.2, 0) is 11.2 Å². The second-order valence-corrected chi connectivity index (χ2v) is 4.59. The van der Waals surface area contributed by atoms with Gasteiger partial charge in [0.25, 0.3) is 0 Å². The summed E-state index contributed by atoms with van der Waals surface area (Å²) in [4.78, 5) is 11.4. The molecule has 4 heteroatoms. The van der Waals surface area contributed by atoms with Gasteiger partial charge >= 0.3 is 0 Å². The predicted molar refractivity (Wildman–Crippen MR) is 71.3 cm³/mol. The normalized spacial score (nSPS) is 18.9. The van der Waals surface area contributed by atoms with Crippen LogP contribution in [0.3, 0.4) is 0 Å². The molecule has 2 N–H and O–H groups in total. The number of benzene rings is 1. The lowest BCUT2D eigenvalue weighted by Crippen LogP contribution is -2.30. The number of carbonyl (C=O) groups is 1. The van der Waals surface area contributed by atoms with Crippen LogP contribution in [0.25, 0.3) is 0 Å². The van der Waals surface area contributed by atoms with Crippen LogP contribution in [0.5, 0.6) is 0 Å². The maximum Gasteiger partial charge on any atom is 0.133 e. The first-order valence-electron chi connectivity index (χ1n) is 5.72. The molecule has 0 saturated heterocycles. The molecule has 0 fully saturated rings. The maximum absolute atomic E-state index is 9.05. The van der Waals surface area contributed by atoms with Gasteiger partial charge in [0.15, 0.2) is 0 Å². The van der Waals surface area contributed by atoms with Crippen molar-refractivity contribution in [2.45, 2.75) is 19.4 Å². The summed E-state index contributed by atoms with van der Waals surface area (Å²) in [6.45, 7) is 3.51. The Balaban J connectivity index is 0.000000317. The molecule has 0 bridgehead atoms. The second kappa shape index (κ2) is 6.74. The van der Waals surface area contributed by atoms with Crippen LogP contribution in [-0.4, -0.2) is 31.3 Å². The van der Waals surface area contributed by atoms with E-state index in [0.717, 1.165) is 18.0 Å². The zero-order valence-electron chi connectivity index (χ0n) is 10.3. The van der Waals surface area contributed by atoms with Crippen LogP contribution < -0.4 is 5.73 Å². The van der Waals surface area contributed by atoms with E-state index in [-0.39, 0.29) is 6.54 Å². The van der Waals surface area contributed by atoms with E-state index < -0.39 is 0 Å². The van der Waals surface area contributed by atoms with E-state index in [4.69, 9.17) is 16.4 Å². The Hall–Kier alpha value is -0.900. The number of carbonyl (C=O) groups excluding carboxylic acids is 1. The van der Waals surface area contributed by atoms with Crippen molar-refractivity contribution >= 4 is 17.9 Å².